The summed E-state index contributed by atoms with van der Waals surface area (Å²) >= 11 is 0. The molecule has 0 saturated carbocycles. The van der Waals surface area contributed by atoms with Crippen LogP contribution >= 0.6 is 0 Å². The monoisotopic (exact) mass is 172 g/mol. The van der Waals surface area contributed by atoms with E-state index in [4.69, 9.17) is 9.47 Å². The van der Waals surface area contributed by atoms with Crippen molar-refractivity contribution >= 4 is 6.29 Å². The number of carbonyl (C=O) groups excluding carboxylic acids is 1. The van der Waals surface area contributed by atoms with Crippen molar-refractivity contribution < 1.29 is 14.3 Å². The molecule has 1 fully saturated rings. The molecule has 0 aliphatic carbocycles. The summed E-state index contributed by atoms with van der Waals surface area (Å²) in [5.41, 5.74) is -0.357. The van der Waals surface area contributed by atoms with Gasteiger partial charge in [0.25, 0.3) is 0 Å². The number of carbonyl (C=O) groups is 1. The van der Waals surface area contributed by atoms with E-state index in [9.17, 15) is 4.79 Å². The van der Waals surface area contributed by atoms with Crippen molar-refractivity contribution in [2.45, 2.75) is 51.6 Å². The third kappa shape index (κ3) is 1.84. The van der Waals surface area contributed by atoms with Gasteiger partial charge in [0.2, 0.25) is 0 Å². The van der Waals surface area contributed by atoms with E-state index in [1.54, 1.807) is 0 Å². The van der Waals surface area contributed by atoms with Crippen LogP contribution < -0.4 is 0 Å². The molecule has 0 aromatic rings. The Morgan fingerprint density at radius 1 is 1.33 bits per heavy atom. The predicted octanol–water partition coefficient (Wildman–Crippen LogP) is 1.51. The van der Waals surface area contributed by atoms with Gasteiger partial charge in [-0.15, -0.1) is 0 Å². The minimum Gasteiger partial charge on any atom is -0.344 e. The molecule has 1 aliphatic heterocycles. The quantitative estimate of drug-likeness (QED) is 0.592. The number of aldehydes is 1. The normalized spacial score (nSPS) is 31.8. The molecule has 1 heterocycles. The van der Waals surface area contributed by atoms with E-state index in [0.29, 0.717) is 6.42 Å². The Morgan fingerprint density at radius 3 is 2.25 bits per heavy atom. The van der Waals surface area contributed by atoms with Crippen LogP contribution in [0, 0.1) is 0 Å². The largest absolute Gasteiger partial charge is 0.344 e. The van der Waals surface area contributed by atoms with Crippen molar-refractivity contribution in [3.63, 3.8) is 0 Å². The lowest BCUT2D eigenvalue weighted by Crippen LogP contribution is -2.33. The van der Waals surface area contributed by atoms with Gasteiger partial charge in [0, 0.05) is 6.42 Å². The Balaban J connectivity index is 2.70. The average Bonchev–Trinajstić information content (AvgIpc) is 2.01. The topological polar surface area (TPSA) is 35.5 Å². The standard InChI is InChI=1S/C9H16O3/c1-8(2)7(5-6-10)11-9(3,4)12-8/h6-7H,5H2,1-4H3/t7-/m0/s1. The highest BCUT2D eigenvalue weighted by molar-refractivity contribution is 5.50. The van der Waals surface area contributed by atoms with Gasteiger partial charge < -0.3 is 14.3 Å². The molecule has 0 spiro atoms. The number of ether oxygens (including phenoxy) is 2. The second-order valence-electron chi connectivity index (χ2n) is 4.11. The van der Waals surface area contributed by atoms with Crippen LogP contribution in [0.3, 0.4) is 0 Å². The fourth-order valence-corrected chi connectivity index (χ4v) is 1.63. The summed E-state index contributed by atoms with van der Waals surface area (Å²) in [4.78, 5) is 10.3. The molecule has 0 radical (unpaired) electrons. The first-order valence-electron chi connectivity index (χ1n) is 4.19. The van der Waals surface area contributed by atoms with Crippen LogP contribution in [0.4, 0.5) is 0 Å². The zero-order chi connectivity index (χ0) is 9.41. The molecule has 3 heteroatoms. The van der Waals surface area contributed by atoms with Crippen LogP contribution in [0.2, 0.25) is 0 Å². The minimum absolute atomic E-state index is 0.120. The first-order valence-corrected chi connectivity index (χ1v) is 4.19. The first-order chi connectivity index (χ1) is 5.37. The summed E-state index contributed by atoms with van der Waals surface area (Å²) in [6.07, 6.45) is 1.15. The number of hydrogen-bond acceptors (Lipinski definition) is 3. The molecule has 1 atom stereocenters. The Hall–Kier alpha value is -0.410. The van der Waals surface area contributed by atoms with Gasteiger partial charge in [-0.3, -0.25) is 0 Å². The molecule has 0 bridgehead atoms. The predicted molar refractivity (Wildman–Crippen MR) is 44.8 cm³/mol. The van der Waals surface area contributed by atoms with Gasteiger partial charge in [0.05, 0.1) is 11.7 Å². The van der Waals surface area contributed by atoms with E-state index in [1.807, 2.05) is 27.7 Å². The zero-order valence-electron chi connectivity index (χ0n) is 8.09. The van der Waals surface area contributed by atoms with Gasteiger partial charge in [-0.2, -0.15) is 0 Å². The van der Waals surface area contributed by atoms with E-state index in [0.717, 1.165) is 6.29 Å². The smallest absolute Gasteiger partial charge is 0.164 e. The maximum atomic E-state index is 10.3. The van der Waals surface area contributed by atoms with Gasteiger partial charge in [-0.05, 0) is 27.7 Å². The number of hydrogen-bond donors (Lipinski definition) is 0. The summed E-state index contributed by atoms with van der Waals surface area (Å²) in [6, 6.07) is 0. The van der Waals surface area contributed by atoms with Gasteiger partial charge in [-0.1, -0.05) is 0 Å². The molecule has 0 unspecified atom stereocenters. The zero-order valence-corrected chi connectivity index (χ0v) is 8.09. The maximum Gasteiger partial charge on any atom is 0.164 e. The highest BCUT2D eigenvalue weighted by Crippen LogP contribution is 2.36. The molecule has 0 aromatic carbocycles. The van der Waals surface area contributed by atoms with Crippen LogP contribution in [0.5, 0.6) is 0 Å². The van der Waals surface area contributed by atoms with Crippen LogP contribution in [-0.4, -0.2) is 23.8 Å². The van der Waals surface area contributed by atoms with E-state index in [2.05, 4.69) is 0 Å². The second-order valence-corrected chi connectivity index (χ2v) is 4.11. The lowest BCUT2D eigenvalue weighted by atomic mass is 10.0. The van der Waals surface area contributed by atoms with Crippen LogP contribution in [0.25, 0.3) is 0 Å². The van der Waals surface area contributed by atoms with E-state index in [-0.39, 0.29) is 11.7 Å². The summed E-state index contributed by atoms with van der Waals surface area (Å²) in [5.74, 6) is -0.558. The molecule has 70 valence electrons. The Labute approximate surface area is 73.0 Å². The Morgan fingerprint density at radius 2 is 1.92 bits per heavy atom. The SMILES string of the molecule is CC1(C)O[C@@H](CC=O)C(C)(C)O1. The lowest BCUT2D eigenvalue weighted by molar-refractivity contribution is -0.157. The minimum atomic E-state index is -0.558. The van der Waals surface area contributed by atoms with Crippen molar-refractivity contribution in [2.75, 3.05) is 0 Å². The summed E-state index contributed by atoms with van der Waals surface area (Å²) in [5, 5.41) is 0. The third-order valence-corrected chi connectivity index (χ3v) is 2.02. The Bertz CT molecular complexity index is 184. The van der Waals surface area contributed by atoms with Crippen molar-refractivity contribution in [1.82, 2.24) is 0 Å². The van der Waals surface area contributed by atoms with Crippen molar-refractivity contribution in [3.05, 3.63) is 0 Å². The highest BCUT2D eigenvalue weighted by Gasteiger charge is 2.46. The molecular weight excluding hydrogens is 156 g/mol. The average molecular weight is 172 g/mol. The van der Waals surface area contributed by atoms with Gasteiger partial charge in [-0.25, -0.2) is 0 Å². The summed E-state index contributed by atoms with van der Waals surface area (Å²) in [6.45, 7) is 7.60. The van der Waals surface area contributed by atoms with Crippen LogP contribution in [-0.2, 0) is 14.3 Å². The summed E-state index contributed by atoms with van der Waals surface area (Å²) in [7, 11) is 0. The molecule has 0 amide bonds. The summed E-state index contributed by atoms with van der Waals surface area (Å²) < 4.78 is 11.2. The second kappa shape index (κ2) is 2.82. The fraction of sp³-hybridized carbons (Fsp3) is 0.889. The molecule has 1 saturated heterocycles. The molecule has 0 aromatic heterocycles. The Kier molecular flexibility index (Phi) is 2.27. The van der Waals surface area contributed by atoms with Gasteiger partial charge in [0.15, 0.2) is 5.79 Å². The molecule has 12 heavy (non-hydrogen) atoms. The molecule has 1 rings (SSSR count). The molecular formula is C9H16O3. The van der Waals surface area contributed by atoms with Gasteiger partial charge >= 0.3 is 0 Å². The maximum absolute atomic E-state index is 10.3. The molecule has 1 aliphatic rings. The van der Waals surface area contributed by atoms with E-state index >= 15 is 0 Å². The first kappa shape index (κ1) is 9.68. The van der Waals surface area contributed by atoms with Crippen molar-refractivity contribution in [3.8, 4) is 0 Å². The van der Waals surface area contributed by atoms with Crippen molar-refractivity contribution in [2.24, 2.45) is 0 Å². The van der Waals surface area contributed by atoms with E-state index < -0.39 is 5.79 Å². The number of rotatable bonds is 2. The lowest BCUT2D eigenvalue weighted by Gasteiger charge is -2.22. The molecule has 0 N–H and O–H groups in total. The van der Waals surface area contributed by atoms with Crippen LogP contribution in [0.15, 0.2) is 0 Å². The third-order valence-electron chi connectivity index (χ3n) is 2.02. The van der Waals surface area contributed by atoms with Crippen LogP contribution in [0.1, 0.15) is 34.1 Å². The molecule has 3 nitrogen and oxygen atoms in total. The van der Waals surface area contributed by atoms with E-state index in [1.165, 1.54) is 0 Å². The highest BCUT2D eigenvalue weighted by atomic mass is 16.8. The van der Waals surface area contributed by atoms with Gasteiger partial charge in [0.1, 0.15) is 6.29 Å². The fourth-order valence-electron chi connectivity index (χ4n) is 1.63. The van der Waals surface area contributed by atoms with Crippen molar-refractivity contribution in [1.29, 1.82) is 0 Å².